The van der Waals surface area contributed by atoms with E-state index in [1.807, 2.05) is 0 Å². The van der Waals surface area contributed by atoms with Crippen LogP contribution in [0.25, 0.3) is 0 Å². The lowest BCUT2D eigenvalue weighted by Crippen LogP contribution is -2.52. The van der Waals surface area contributed by atoms with Crippen LogP contribution in [0.4, 0.5) is 8.78 Å². The SMILES string of the molecule is CN1C(=O)c2c(Cl)cc(Br)c(=O)n2C12CCC(F)(F)CC2. The van der Waals surface area contributed by atoms with E-state index < -0.39 is 23.1 Å². The molecule has 1 aromatic rings. The van der Waals surface area contributed by atoms with Crippen molar-refractivity contribution in [2.75, 3.05) is 7.05 Å². The molecule has 1 aromatic heterocycles. The minimum Gasteiger partial charge on any atom is -0.317 e. The van der Waals surface area contributed by atoms with E-state index >= 15 is 0 Å². The van der Waals surface area contributed by atoms with Crippen molar-refractivity contribution in [3.05, 3.63) is 31.6 Å². The first-order chi connectivity index (χ1) is 9.69. The van der Waals surface area contributed by atoms with E-state index in [0.717, 1.165) is 0 Å². The molecule has 1 saturated carbocycles. The number of aromatic nitrogens is 1. The molecule has 0 saturated heterocycles. The van der Waals surface area contributed by atoms with Gasteiger partial charge in [-0.2, -0.15) is 0 Å². The summed E-state index contributed by atoms with van der Waals surface area (Å²) in [6.45, 7) is 0. The predicted molar refractivity (Wildman–Crippen MR) is 76.9 cm³/mol. The standard InChI is InChI=1S/C13H12BrClF2N2O2/c1-18-11(21)9-8(15)6-7(14)10(20)19(9)13(18)4-2-12(16,17)3-5-13/h6H,2-5H2,1H3. The molecule has 0 unspecified atom stereocenters. The first-order valence-electron chi connectivity index (χ1n) is 6.47. The molecule has 0 bridgehead atoms. The summed E-state index contributed by atoms with van der Waals surface area (Å²) in [4.78, 5) is 26.2. The molecule has 0 N–H and O–H groups in total. The van der Waals surface area contributed by atoms with Crippen molar-refractivity contribution in [1.82, 2.24) is 9.47 Å². The van der Waals surface area contributed by atoms with Crippen molar-refractivity contribution in [2.45, 2.75) is 37.3 Å². The van der Waals surface area contributed by atoms with Crippen LogP contribution < -0.4 is 5.56 Å². The number of rotatable bonds is 0. The number of alkyl halides is 2. The zero-order chi connectivity index (χ0) is 15.6. The quantitative estimate of drug-likeness (QED) is 0.692. The summed E-state index contributed by atoms with van der Waals surface area (Å²) >= 11 is 9.20. The van der Waals surface area contributed by atoms with Gasteiger partial charge >= 0.3 is 0 Å². The lowest BCUT2D eigenvalue weighted by molar-refractivity contribution is -0.0898. The van der Waals surface area contributed by atoms with E-state index in [0.29, 0.717) is 0 Å². The van der Waals surface area contributed by atoms with Crippen LogP contribution in [0.5, 0.6) is 0 Å². The molecule has 4 nitrogen and oxygen atoms in total. The Morgan fingerprint density at radius 2 is 1.81 bits per heavy atom. The highest BCUT2D eigenvalue weighted by Crippen LogP contribution is 2.47. The molecule has 1 spiro atoms. The lowest BCUT2D eigenvalue weighted by atomic mass is 9.85. The van der Waals surface area contributed by atoms with E-state index in [-0.39, 0.29) is 40.9 Å². The Morgan fingerprint density at radius 3 is 2.38 bits per heavy atom. The second-order valence-corrected chi connectivity index (χ2v) is 6.79. The van der Waals surface area contributed by atoms with Gasteiger partial charge in [-0.15, -0.1) is 0 Å². The van der Waals surface area contributed by atoms with E-state index in [9.17, 15) is 18.4 Å². The predicted octanol–water partition coefficient (Wildman–Crippen LogP) is 3.21. The van der Waals surface area contributed by atoms with Crippen LogP contribution >= 0.6 is 27.5 Å². The van der Waals surface area contributed by atoms with Crippen LogP contribution in [-0.4, -0.2) is 28.3 Å². The third kappa shape index (κ3) is 1.97. The van der Waals surface area contributed by atoms with Crippen LogP contribution in [0, 0.1) is 0 Å². The van der Waals surface area contributed by atoms with Crippen molar-refractivity contribution in [1.29, 1.82) is 0 Å². The molecular formula is C13H12BrClF2N2O2. The number of carbonyl (C=O) groups excluding carboxylic acids is 1. The van der Waals surface area contributed by atoms with Crippen molar-refractivity contribution in [2.24, 2.45) is 0 Å². The van der Waals surface area contributed by atoms with Gasteiger partial charge in [0.1, 0.15) is 11.4 Å². The van der Waals surface area contributed by atoms with Crippen molar-refractivity contribution in [3.63, 3.8) is 0 Å². The Hall–Kier alpha value is -0.950. The monoisotopic (exact) mass is 380 g/mol. The molecule has 1 fully saturated rings. The van der Waals surface area contributed by atoms with Crippen LogP contribution in [0.1, 0.15) is 36.2 Å². The number of hydrogen-bond donors (Lipinski definition) is 0. The Morgan fingerprint density at radius 1 is 1.24 bits per heavy atom. The summed E-state index contributed by atoms with van der Waals surface area (Å²) in [7, 11) is 1.53. The number of carbonyl (C=O) groups is 1. The molecular weight excluding hydrogens is 370 g/mol. The van der Waals surface area contributed by atoms with Crippen LogP contribution in [0.3, 0.4) is 0 Å². The molecule has 2 heterocycles. The van der Waals surface area contributed by atoms with E-state index in [1.54, 1.807) is 0 Å². The third-order valence-electron chi connectivity index (χ3n) is 4.44. The van der Waals surface area contributed by atoms with E-state index in [2.05, 4.69) is 15.9 Å². The summed E-state index contributed by atoms with van der Waals surface area (Å²) in [5, 5.41) is 0.146. The van der Waals surface area contributed by atoms with Crippen LogP contribution in [0.2, 0.25) is 5.02 Å². The zero-order valence-electron chi connectivity index (χ0n) is 11.1. The third-order valence-corrected chi connectivity index (χ3v) is 5.30. The smallest absolute Gasteiger partial charge is 0.273 e. The van der Waals surface area contributed by atoms with Crippen molar-refractivity contribution >= 4 is 33.4 Å². The average Bonchev–Trinajstić information content (AvgIpc) is 2.62. The molecule has 21 heavy (non-hydrogen) atoms. The number of fused-ring (bicyclic) bond motifs is 2. The van der Waals surface area contributed by atoms with Gasteiger partial charge in [-0.05, 0) is 34.8 Å². The summed E-state index contributed by atoms with van der Waals surface area (Å²) < 4.78 is 28.5. The molecule has 3 rings (SSSR count). The van der Waals surface area contributed by atoms with Crippen LogP contribution in [-0.2, 0) is 5.66 Å². The fraction of sp³-hybridized carbons (Fsp3) is 0.538. The Kier molecular flexibility index (Phi) is 3.22. The molecule has 2 aliphatic rings. The van der Waals surface area contributed by atoms with Gasteiger partial charge in [0.05, 0.1) is 9.50 Å². The summed E-state index contributed by atoms with van der Waals surface area (Å²) in [5.74, 6) is -3.16. The maximum atomic E-state index is 13.5. The fourth-order valence-electron chi connectivity index (χ4n) is 3.22. The van der Waals surface area contributed by atoms with Crippen molar-refractivity contribution in [3.8, 4) is 0 Å². The second-order valence-electron chi connectivity index (χ2n) is 5.53. The van der Waals surface area contributed by atoms with Gasteiger partial charge in [0.15, 0.2) is 0 Å². The number of halogens is 4. The summed E-state index contributed by atoms with van der Waals surface area (Å²) in [6, 6.07) is 1.37. The fourth-order valence-corrected chi connectivity index (χ4v) is 4.04. The molecule has 114 valence electrons. The van der Waals surface area contributed by atoms with Gasteiger partial charge in [0.2, 0.25) is 5.92 Å². The lowest BCUT2D eigenvalue weighted by Gasteiger charge is -2.42. The van der Waals surface area contributed by atoms with E-state index in [4.69, 9.17) is 11.6 Å². The number of amides is 1. The number of hydrogen-bond acceptors (Lipinski definition) is 2. The molecule has 0 aromatic carbocycles. The first kappa shape index (κ1) is 15.0. The van der Waals surface area contributed by atoms with E-state index in [1.165, 1.54) is 22.6 Å². The highest BCUT2D eigenvalue weighted by atomic mass is 79.9. The Bertz CT molecular complexity index is 694. The molecule has 0 radical (unpaired) electrons. The van der Waals surface area contributed by atoms with Gasteiger partial charge < -0.3 is 4.90 Å². The van der Waals surface area contributed by atoms with Gasteiger partial charge in [-0.1, -0.05) is 11.6 Å². The number of pyridine rings is 1. The first-order valence-corrected chi connectivity index (χ1v) is 7.64. The van der Waals surface area contributed by atoms with Gasteiger partial charge in [0, 0.05) is 19.9 Å². The molecule has 0 atom stereocenters. The van der Waals surface area contributed by atoms with Gasteiger partial charge in [0.25, 0.3) is 11.5 Å². The summed E-state index contributed by atoms with van der Waals surface area (Å²) in [6.07, 6.45) is -0.662. The number of nitrogens with zero attached hydrogens (tertiary/aromatic N) is 2. The highest BCUT2D eigenvalue weighted by Gasteiger charge is 2.54. The minimum absolute atomic E-state index is 0.0297. The zero-order valence-corrected chi connectivity index (χ0v) is 13.5. The average molecular weight is 382 g/mol. The topological polar surface area (TPSA) is 42.3 Å². The minimum atomic E-state index is -2.75. The largest absolute Gasteiger partial charge is 0.317 e. The second kappa shape index (κ2) is 4.52. The Labute approximate surface area is 132 Å². The Balaban J connectivity index is 2.23. The van der Waals surface area contributed by atoms with Gasteiger partial charge in [-0.3, -0.25) is 14.2 Å². The van der Waals surface area contributed by atoms with Crippen LogP contribution in [0.15, 0.2) is 15.3 Å². The van der Waals surface area contributed by atoms with Gasteiger partial charge in [-0.25, -0.2) is 8.78 Å². The molecule has 1 amide bonds. The highest BCUT2D eigenvalue weighted by molar-refractivity contribution is 9.10. The molecule has 1 aliphatic carbocycles. The maximum Gasteiger partial charge on any atom is 0.273 e. The maximum absolute atomic E-state index is 13.5. The summed E-state index contributed by atoms with van der Waals surface area (Å²) in [5.41, 5.74) is -1.38. The molecule has 1 aliphatic heterocycles. The van der Waals surface area contributed by atoms with Crippen molar-refractivity contribution < 1.29 is 13.6 Å². The molecule has 8 heteroatoms. The normalized spacial score (nSPS) is 22.7.